The van der Waals surface area contributed by atoms with Crippen LogP contribution in [0.3, 0.4) is 0 Å². The van der Waals surface area contributed by atoms with Crippen LogP contribution >= 0.6 is 11.6 Å². The maximum Gasteiger partial charge on any atom is 0.225 e. The number of piperazine rings is 1. The molecule has 0 amide bonds. The lowest BCUT2D eigenvalue weighted by Gasteiger charge is -2.36. The minimum absolute atomic E-state index is 0.581. The van der Waals surface area contributed by atoms with Crippen LogP contribution in [0.4, 0.5) is 11.6 Å². The second-order valence-electron chi connectivity index (χ2n) is 4.84. The molecule has 1 aromatic heterocycles. The number of rotatable bonds is 3. The Labute approximate surface area is 128 Å². The summed E-state index contributed by atoms with van der Waals surface area (Å²) in [7, 11) is 0. The average molecular weight is 303 g/mol. The zero-order chi connectivity index (χ0) is 14.7. The summed E-state index contributed by atoms with van der Waals surface area (Å²) in [6.45, 7) is 3.29. The van der Waals surface area contributed by atoms with Gasteiger partial charge in [-0.05, 0) is 24.3 Å². The van der Waals surface area contributed by atoms with Crippen LogP contribution in [0, 0.1) is 0 Å². The number of carbonyl (C=O) groups is 1. The van der Waals surface area contributed by atoms with Crippen molar-refractivity contribution in [1.82, 2.24) is 9.97 Å². The topological polar surface area (TPSA) is 49.3 Å². The largest absolute Gasteiger partial charge is 0.367 e. The summed E-state index contributed by atoms with van der Waals surface area (Å²) < 4.78 is 0. The molecule has 2 heterocycles. The van der Waals surface area contributed by atoms with Gasteiger partial charge in [-0.15, -0.1) is 0 Å². The number of nitrogens with zero attached hydrogens (tertiary/aromatic N) is 4. The van der Waals surface area contributed by atoms with E-state index >= 15 is 0 Å². The van der Waals surface area contributed by atoms with E-state index in [0.29, 0.717) is 10.6 Å². The molecular weight excluding hydrogens is 288 g/mol. The average Bonchev–Trinajstić information content (AvgIpc) is 2.56. The van der Waals surface area contributed by atoms with Gasteiger partial charge in [0.15, 0.2) is 6.29 Å². The molecule has 1 aromatic carbocycles. The van der Waals surface area contributed by atoms with E-state index in [1.54, 1.807) is 18.5 Å². The molecule has 0 unspecified atom stereocenters. The predicted molar refractivity (Wildman–Crippen MR) is 83.3 cm³/mol. The molecule has 3 rings (SSSR count). The third-order valence-corrected chi connectivity index (χ3v) is 3.81. The first-order valence-electron chi connectivity index (χ1n) is 6.79. The monoisotopic (exact) mass is 302 g/mol. The lowest BCUT2D eigenvalue weighted by molar-refractivity contribution is 0.112. The number of aldehydes is 1. The zero-order valence-electron chi connectivity index (χ0n) is 11.4. The zero-order valence-corrected chi connectivity index (χ0v) is 12.2. The Balaban J connectivity index is 1.73. The second-order valence-corrected chi connectivity index (χ2v) is 5.28. The molecule has 108 valence electrons. The quantitative estimate of drug-likeness (QED) is 0.814. The van der Waals surface area contributed by atoms with Crippen LogP contribution in [0.1, 0.15) is 10.4 Å². The fourth-order valence-corrected chi connectivity index (χ4v) is 2.69. The third kappa shape index (κ3) is 2.97. The highest BCUT2D eigenvalue weighted by molar-refractivity contribution is 6.31. The minimum atomic E-state index is 0.581. The highest BCUT2D eigenvalue weighted by atomic mass is 35.5. The molecular formula is C15H15ClN4O. The molecule has 5 nitrogen and oxygen atoms in total. The maximum absolute atomic E-state index is 11.2. The van der Waals surface area contributed by atoms with Gasteiger partial charge in [0.1, 0.15) is 0 Å². The molecule has 0 radical (unpaired) electrons. The van der Waals surface area contributed by atoms with Gasteiger partial charge in [-0.1, -0.05) is 11.6 Å². The van der Waals surface area contributed by atoms with E-state index in [9.17, 15) is 4.79 Å². The molecule has 2 aromatic rings. The molecule has 1 aliphatic heterocycles. The smallest absolute Gasteiger partial charge is 0.225 e. The molecule has 21 heavy (non-hydrogen) atoms. The first-order chi connectivity index (χ1) is 10.3. The molecule has 0 N–H and O–H groups in total. The van der Waals surface area contributed by atoms with E-state index < -0.39 is 0 Å². The molecule has 1 saturated heterocycles. The van der Waals surface area contributed by atoms with Crippen molar-refractivity contribution < 1.29 is 4.79 Å². The maximum atomic E-state index is 11.2. The first kappa shape index (κ1) is 13.8. The molecule has 0 bridgehead atoms. The van der Waals surface area contributed by atoms with Gasteiger partial charge in [-0.3, -0.25) is 4.79 Å². The van der Waals surface area contributed by atoms with Crippen LogP contribution in [-0.2, 0) is 0 Å². The Kier molecular flexibility index (Phi) is 4.01. The van der Waals surface area contributed by atoms with Crippen molar-refractivity contribution in [3.05, 3.63) is 47.2 Å². The lowest BCUT2D eigenvalue weighted by Crippen LogP contribution is -2.47. The first-order valence-corrected chi connectivity index (χ1v) is 7.17. The van der Waals surface area contributed by atoms with Crippen molar-refractivity contribution in [2.75, 3.05) is 36.0 Å². The second kappa shape index (κ2) is 6.10. The molecule has 0 atom stereocenters. The Morgan fingerprint density at radius 1 is 1.05 bits per heavy atom. The van der Waals surface area contributed by atoms with Crippen LogP contribution in [0.5, 0.6) is 0 Å². The number of hydrogen-bond donors (Lipinski definition) is 0. The van der Waals surface area contributed by atoms with Crippen LogP contribution < -0.4 is 9.80 Å². The molecule has 1 fully saturated rings. The summed E-state index contributed by atoms with van der Waals surface area (Å²) in [6, 6.07) is 7.23. The van der Waals surface area contributed by atoms with Gasteiger partial charge in [0.2, 0.25) is 5.95 Å². The fraction of sp³-hybridized carbons (Fsp3) is 0.267. The molecule has 1 aliphatic rings. The number of hydrogen-bond acceptors (Lipinski definition) is 5. The van der Waals surface area contributed by atoms with Gasteiger partial charge in [0.25, 0.3) is 0 Å². The highest BCUT2D eigenvalue weighted by Gasteiger charge is 2.20. The molecule has 0 spiro atoms. The lowest BCUT2D eigenvalue weighted by atomic mass is 10.1. The standard InChI is InChI=1S/C15H15ClN4O/c16-13-2-3-14(12(10-13)11-21)19-6-8-20(9-7-19)15-17-4-1-5-18-15/h1-5,10-11H,6-9H2. The number of benzene rings is 1. The predicted octanol–water partition coefficient (Wildman–Crippen LogP) is 2.27. The van der Waals surface area contributed by atoms with E-state index in [1.165, 1.54) is 0 Å². The van der Waals surface area contributed by atoms with E-state index in [1.807, 2.05) is 18.2 Å². The van der Waals surface area contributed by atoms with E-state index in [-0.39, 0.29) is 0 Å². The molecule has 0 aliphatic carbocycles. The number of anilines is 2. The van der Waals surface area contributed by atoms with Gasteiger partial charge in [-0.2, -0.15) is 0 Å². The Morgan fingerprint density at radius 3 is 2.38 bits per heavy atom. The van der Waals surface area contributed by atoms with Crippen LogP contribution in [0.2, 0.25) is 5.02 Å². The number of halogens is 1. The Morgan fingerprint density at radius 2 is 1.71 bits per heavy atom. The number of aromatic nitrogens is 2. The van der Waals surface area contributed by atoms with Gasteiger partial charge in [-0.25, -0.2) is 9.97 Å². The van der Waals surface area contributed by atoms with Gasteiger partial charge in [0, 0.05) is 54.8 Å². The van der Waals surface area contributed by atoms with Crippen LogP contribution in [-0.4, -0.2) is 42.4 Å². The normalized spacial score (nSPS) is 15.1. The summed E-state index contributed by atoms with van der Waals surface area (Å²) in [6.07, 6.45) is 4.35. The summed E-state index contributed by atoms with van der Waals surface area (Å²) in [4.78, 5) is 24.1. The van der Waals surface area contributed by atoms with Crippen molar-refractivity contribution in [3.63, 3.8) is 0 Å². The van der Waals surface area contributed by atoms with Gasteiger partial charge in [0.05, 0.1) is 0 Å². The summed E-state index contributed by atoms with van der Waals surface area (Å²) in [5.41, 5.74) is 1.56. The third-order valence-electron chi connectivity index (χ3n) is 3.57. The van der Waals surface area contributed by atoms with E-state index in [0.717, 1.165) is 44.1 Å². The SMILES string of the molecule is O=Cc1cc(Cl)ccc1N1CCN(c2ncccn2)CC1. The van der Waals surface area contributed by atoms with Crippen molar-refractivity contribution in [2.45, 2.75) is 0 Å². The fourth-order valence-electron chi connectivity index (χ4n) is 2.51. The highest BCUT2D eigenvalue weighted by Crippen LogP contribution is 2.24. The van der Waals surface area contributed by atoms with E-state index in [4.69, 9.17) is 11.6 Å². The van der Waals surface area contributed by atoms with E-state index in [2.05, 4.69) is 19.8 Å². The van der Waals surface area contributed by atoms with Gasteiger partial charge < -0.3 is 9.80 Å². The number of carbonyl (C=O) groups excluding carboxylic acids is 1. The Bertz CT molecular complexity index is 627. The Hall–Kier alpha value is -2.14. The van der Waals surface area contributed by atoms with Crippen molar-refractivity contribution >= 4 is 29.5 Å². The summed E-state index contributed by atoms with van der Waals surface area (Å²) in [5, 5.41) is 0.581. The minimum Gasteiger partial charge on any atom is -0.367 e. The van der Waals surface area contributed by atoms with Crippen molar-refractivity contribution in [2.24, 2.45) is 0 Å². The summed E-state index contributed by atoms with van der Waals surface area (Å²) in [5.74, 6) is 0.754. The molecule has 0 saturated carbocycles. The van der Waals surface area contributed by atoms with Crippen LogP contribution in [0.25, 0.3) is 0 Å². The van der Waals surface area contributed by atoms with Crippen molar-refractivity contribution in [1.29, 1.82) is 0 Å². The summed E-state index contributed by atoms with van der Waals surface area (Å²) >= 11 is 5.94. The van der Waals surface area contributed by atoms with Crippen molar-refractivity contribution in [3.8, 4) is 0 Å². The van der Waals surface area contributed by atoms with Crippen LogP contribution in [0.15, 0.2) is 36.7 Å². The van der Waals surface area contributed by atoms with Gasteiger partial charge >= 0.3 is 0 Å². The molecule has 6 heteroatoms.